The molecule has 0 radical (unpaired) electrons. The number of phosphoric acid groups is 1. The third-order valence-electron chi connectivity index (χ3n) is 4.41. The van der Waals surface area contributed by atoms with E-state index < -0.39 is 13.8 Å². The van der Waals surface area contributed by atoms with Crippen molar-refractivity contribution in [1.82, 2.24) is 0 Å². The van der Waals surface area contributed by atoms with Gasteiger partial charge in [-0.1, -0.05) is 54.5 Å². The minimum Gasteiger partial charge on any atom is -0.493 e. The molecule has 0 bridgehead atoms. The second kappa shape index (κ2) is 16.0. The number of benzene rings is 2. The van der Waals surface area contributed by atoms with Crippen LogP contribution in [0, 0.1) is 3.82 Å². The molecule has 3 aromatic rings. The summed E-state index contributed by atoms with van der Waals surface area (Å²) in [6.07, 6.45) is 0. The Bertz CT molecular complexity index is 1200. The van der Waals surface area contributed by atoms with Crippen LogP contribution >= 0.6 is 62.3 Å². The van der Waals surface area contributed by atoms with Gasteiger partial charge < -0.3 is 9.47 Å². The minimum absolute atomic E-state index is 0.264. The van der Waals surface area contributed by atoms with Gasteiger partial charge >= 0.3 is 13.8 Å². The maximum atomic E-state index is 12.5. The van der Waals surface area contributed by atoms with Gasteiger partial charge in [0, 0.05) is 16.4 Å². The normalized spacial score (nSPS) is 11.4. The number of carbonyl (C=O) groups excluding carboxylic acids is 1. The summed E-state index contributed by atoms with van der Waals surface area (Å²) in [5, 5.41) is 0. The van der Waals surface area contributed by atoms with Gasteiger partial charge in [0.2, 0.25) is 0 Å². The van der Waals surface area contributed by atoms with Crippen LogP contribution in [-0.4, -0.2) is 43.9 Å². The lowest BCUT2D eigenvalue weighted by atomic mass is 10.2. The van der Waals surface area contributed by atoms with E-state index in [1.807, 2.05) is 18.2 Å². The molecule has 0 fully saturated rings. The Kier molecular flexibility index (Phi) is 13.1. The van der Waals surface area contributed by atoms with Crippen molar-refractivity contribution < 1.29 is 32.4 Å². The number of carbonyl (C=O) groups is 1. The monoisotopic (exact) mass is 618 g/mol. The molecule has 0 saturated heterocycles. The summed E-state index contributed by atoms with van der Waals surface area (Å²) in [5.74, 6) is 2.10. The van der Waals surface area contributed by atoms with Crippen molar-refractivity contribution >= 4 is 68.3 Å². The van der Waals surface area contributed by atoms with Crippen LogP contribution < -0.4 is 9.47 Å². The first kappa shape index (κ1) is 30.3. The molecule has 0 aliphatic rings. The highest BCUT2D eigenvalue weighted by Crippen LogP contribution is 2.49. The molecule has 0 amide bonds. The van der Waals surface area contributed by atoms with Gasteiger partial charge in [0.05, 0.1) is 32.0 Å². The summed E-state index contributed by atoms with van der Waals surface area (Å²) < 4.78 is 39.7. The molecule has 0 atom stereocenters. The molecule has 7 nitrogen and oxygen atoms in total. The highest BCUT2D eigenvalue weighted by molar-refractivity contribution is 8.76. The Labute approximate surface area is 237 Å². The molecule has 0 saturated carbocycles. The van der Waals surface area contributed by atoms with Crippen LogP contribution in [-0.2, 0) is 18.1 Å². The van der Waals surface area contributed by atoms with Crippen molar-refractivity contribution in [2.24, 2.45) is 0 Å². The fraction of sp³-hybridized carbons (Fsp3) is 0.333. The predicted molar refractivity (Wildman–Crippen MR) is 157 cm³/mol. The largest absolute Gasteiger partial charge is 0.493 e. The van der Waals surface area contributed by atoms with E-state index in [0.717, 1.165) is 20.0 Å². The molecule has 1 heterocycles. The fourth-order valence-electron chi connectivity index (χ4n) is 2.84. The lowest BCUT2D eigenvalue weighted by Gasteiger charge is -2.15. The van der Waals surface area contributed by atoms with Crippen molar-refractivity contribution in [2.75, 3.05) is 37.9 Å². The lowest BCUT2D eigenvalue weighted by molar-refractivity contribution is 0.0734. The Morgan fingerprint density at radius 2 is 1.49 bits per heavy atom. The van der Waals surface area contributed by atoms with Crippen LogP contribution in [0.5, 0.6) is 11.5 Å². The van der Waals surface area contributed by atoms with E-state index in [1.165, 1.54) is 0 Å². The minimum atomic E-state index is -3.45. The van der Waals surface area contributed by atoms with Gasteiger partial charge in [0.25, 0.3) is 0 Å². The van der Waals surface area contributed by atoms with Gasteiger partial charge in [0.1, 0.15) is 15.3 Å². The molecule has 0 unspecified atom stereocenters. The molecule has 13 heteroatoms. The zero-order valence-electron chi connectivity index (χ0n) is 20.3. The number of esters is 1. The van der Waals surface area contributed by atoms with Gasteiger partial charge in [0.15, 0.2) is 0 Å². The molecule has 200 valence electrons. The average Bonchev–Trinajstić information content (AvgIpc) is 3.33. The van der Waals surface area contributed by atoms with Crippen LogP contribution in [0.4, 0.5) is 0 Å². The molecule has 0 aliphatic heterocycles. The molecule has 0 N–H and O–H groups in total. The van der Waals surface area contributed by atoms with Crippen molar-refractivity contribution in [2.45, 2.75) is 13.8 Å². The Balaban J connectivity index is 1.33. The first-order valence-electron chi connectivity index (χ1n) is 11.4. The SMILES string of the molecule is CCOP(=O)(OCC)OCCSSCCOc1ccc(C(=O)Oc2ccc(-c3cc(=S)ss3)cc2)cc1. The number of hydrogen-bond donors (Lipinski definition) is 0. The third-order valence-corrected chi connectivity index (χ3v) is 11.3. The van der Waals surface area contributed by atoms with E-state index in [0.29, 0.717) is 29.4 Å². The Morgan fingerprint density at radius 3 is 2.08 bits per heavy atom. The van der Waals surface area contributed by atoms with Crippen molar-refractivity contribution in [3.63, 3.8) is 0 Å². The molecule has 1 aromatic heterocycles. The Hall–Kier alpha value is -1.21. The topological polar surface area (TPSA) is 80.3 Å². The van der Waals surface area contributed by atoms with E-state index in [2.05, 4.69) is 0 Å². The summed E-state index contributed by atoms with van der Waals surface area (Å²) in [5.41, 5.74) is 1.48. The van der Waals surface area contributed by atoms with Crippen LogP contribution in [0.25, 0.3) is 10.4 Å². The van der Waals surface area contributed by atoms with Crippen LogP contribution in [0.15, 0.2) is 54.6 Å². The Morgan fingerprint density at radius 1 is 0.865 bits per heavy atom. The number of hydrogen-bond acceptors (Lipinski definition) is 12. The maximum absolute atomic E-state index is 12.5. The van der Waals surface area contributed by atoms with Gasteiger partial charge in [-0.25, -0.2) is 9.36 Å². The molecular formula is C24H27O7PS5. The molecule has 3 rings (SSSR count). The second-order valence-electron chi connectivity index (χ2n) is 7.04. The van der Waals surface area contributed by atoms with Crippen LogP contribution in [0.1, 0.15) is 24.2 Å². The quantitative estimate of drug-likeness (QED) is 0.0390. The summed E-state index contributed by atoms with van der Waals surface area (Å²) >= 11 is 5.18. The van der Waals surface area contributed by atoms with E-state index in [4.69, 9.17) is 35.3 Å². The van der Waals surface area contributed by atoms with Gasteiger partial charge in [-0.15, -0.1) is 0 Å². The number of ether oxygens (including phenoxy) is 2. The number of rotatable bonds is 16. The van der Waals surface area contributed by atoms with Crippen molar-refractivity contribution in [3.05, 3.63) is 64.0 Å². The van der Waals surface area contributed by atoms with E-state index in [-0.39, 0.29) is 19.8 Å². The predicted octanol–water partition coefficient (Wildman–Crippen LogP) is 8.38. The average molecular weight is 619 g/mol. The standard InChI is InChI=1S/C24H27O7PS5/c1-3-28-32(26,29-4-2)30-14-16-35-34-15-13-27-20-9-7-19(8-10-20)24(25)31-21-11-5-18(6-12-21)22-17-23(33)37-36-22/h5-12,17H,3-4,13-16H2,1-2H3. The molecule has 37 heavy (non-hydrogen) atoms. The zero-order valence-corrected chi connectivity index (χ0v) is 25.3. The molecule has 2 aromatic carbocycles. The fourth-order valence-corrected chi connectivity index (χ4v) is 8.19. The summed E-state index contributed by atoms with van der Waals surface area (Å²) in [6, 6.07) is 16.2. The van der Waals surface area contributed by atoms with Crippen LogP contribution in [0.2, 0.25) is 0 Å². The summed E-state index contributed by atoms with van der Waals surface area (Å²) in [7, 11) is 2.95. The summed E-state index contributed by atoms with van der Waals surface area (Å²) in [4.78, 5) is 13.6. The number of phosphoric ester groups is 1. The molecule has 0 spiro atoms. The zero-order chi connectivity index (χ0) is 26.5. The van der Waals surface area contributed by atoms with E-state index in [9.17, 15) is 9.36 Å². The highest BCUT2D eigenvalue weighted by atomic mass is 33.1. The second-order valence-corrected chi connectivity index (χ2v) is 14.3. The van der Waals surface area contributed by atoms with Gasteiger partial charge in [-0.05, 0) is 74.0 Å². The van der Waals surface area contributed by atoms with Crippen molar-refractivity contribution in [1.29, 1.82) is 0 Å². The summed E-state index contributed by atoms with van der Waals surface area (Å²) in [6.45, 7) is 4.78. The van der Waals surface area contributed by atoms with E-state index >= 15 is 0 Å². The van der Waals surface area contributed by atoms with Crippen LogP contribution in [0.3, 0.4) is 0 Å². The highest BCUT2D eigenvalue weighted by Gasteiger charge is 2.24. The lowest BCUT2D eigenvalue weighted by Crippen LogP contribution is -2.08. The van der Waals surface area contributed by atoms with Gasteiger partial charge in [-0.2, -0.15) is 0 Å². The molecular weight excluding hydrogens is 592 g/mol. The first-order valence-corrected chi connectivity index (χ1v) is 17.9. The molecule has 0 aliphatic carbocycles. The third kappa shape index (κ3) is 10.5. The smallest absolute Gasteiger partial charge is 0.474 e. The maximum Gasteiger partial charge on any atom is 0.474 e. The van der Waals surface area contributed by atoms with Crippen molar-refractivity contribution in [3.8, 4) is 21.9 Å². The van der Waals surface area contributed by atoms with E-state index in [1.54, 1.807) is 92.5 Å². The first-order chi connectivity index (χ1) is 17.9. The van der Waals surface area contributed by atoms with Gasteiger partial charge in [-0.3, -0.25) is 13.6 Å².